The summed E-state index contributed by atoms with van der Waals surface area (Å²) in [5, 5.41) is 7.44. The first-order valence-electron chi connectivity index (χ1n) is 9.90. The summed E-state index contributed by atoms with van der Waals surface area (Å²) in [5.74, 6) is -0.641. The molecule has 3 heterocycles. The second-order valence-electron chi connectivity index (χ2n) is 7.26. The molecule has 0 radical (unpaired) electrons. The number of nitrogens with zero attached hydrogens (tertiary/aromatic N) is 3. The first-order valence-corrected chi connectivity index (χ1v) is 11.6. The van der Waals surface area contributed by atoms with E-state index in [-0.39, 0.29) is 28.0 Å². The summed E-state index contributed by atoms with van der Waals surface area (Å²) in [7, 11) is -2.15. The zero-order valence-electron chi connectivity index (χ0n) is 17.3. The van der Waals surface area contributed by atoms with Gasteiger partial charge in [-0.15, -0.1) is 0 Å². The van der Waals surface area contributed by atoms with Crippen LogP contribution in [0.1, 0.15) is 21.7 Å². The van der Waals surface area contributed by atoms with Crippen molar-refractivity contribution in [1.82, 2.24) is 20.0 Å². The Balaban J connectivity index is 2.00. The Labute approximate surface area is 181 Å². The number of carbonyl (C=O) groups excluding carboxylic acids is 1. The van der Waals surface area contributed by atoms with Crippen LogP contribution in [0.15, 0.2) is 60.2 Å². The fraction of sp³-hybridized carbons (Fsp3) is 0.273. The summed E-state index contributed by atoms with van der Waals surface area (Å²) in [5.41, 5.74) is 2.41. The van der Waals surface area contributed by atoms with Crippen LogP contribution < -0.4 is 5.32 Å². The van der Waals surface area contributed by atoms with Crippen molar-refractivity contribution in [2.45, 2.75) is 5.75 Å². The predicted molar refractivity (Wildman–Crippen MR) is 118 cm³/mol. The van der Waals surface area contributed by atoms with Gasteiger partial charge in [0.25, 0.3) is 5.91 Å². The average Bonchev–Trinajstić information content (AvgIpc) is 3.16. The van der Waals surface area contributed by atoms with Crippen LogP contribution in [0.4, 0.5) is 0 Å². The molecule has 0 atom stereocenters. The molecule has 1 aromatic carbocycles. The molecule has 2 aromatic rings. The Bertz CT molecular complexity index is 1190. The third-order valence-electron chi connectivity index (χ3n) is 5.41. The molecule has 0 unspecified atom stereocenters. The lowest BCUT2D eigenvalue weighted by Gasteiger charge is -2.27. The minimum absolute atomic E-state index is 0.0694. The van der Waals surface area contributed by atoms with E-state index in [1.807, 2.05) is 30.3 Å². The molecule has 4 rings (SSSR count). The molecule has 1 N–H and O–H groups in total. The lowest BCUT2D eigenvalue weighted by atomic mass is 10.0. The molecule has 0 saturated carbocycles. The molecule has 31 heavy (non-hydrogen) atoms. The molecule has 0 aliphatic carbocycles. The summed E-state index contributed by atoms with van der Waals surface area (Å²) >= 11 is 0. The molecule has 8 nitrogen and oxygen atoms in total. The normalized spacial score (nSPS) is 17.8. The summed E-state index contributed by atoms with van der Waals surface area (Å²) < 4.78 is 33.4. The molecule has 2 aliphatic rings. The van der Waals surface area contributed by atoms with Crippen molar-refractivity contribution in [3.63, 3.8) is 0 Å². The van der Waals surface area contributed by atoms with Crippen LogP contribution in [0.3, 0.4) is 0 Å². The van der Waals surface area contributed by atoms with Crippen molar-refractivity contribution < 1.29 is 17.9 Å². The smallest absolute Gasteiger partial charge is 0.274 e. The highest BCUT2D eigenvalue weighted by molar-refractivity contribution is 7.95. The molecular weight excluding hydrogens is 416 g/mol. The summed E-state index contributed by atoms with van der Waals surface area (Å²) in [4.78, 5) is 15.0. The monoisotopic (exact) mass is 440 g/mol. The number of morpholine rings is 1. The van der Waals surface area contributed by atoms with Gasteiger partial charge >= 0.3 is 0 Å². The Hall–Kier alpha value is -3.17. The summed E-state index contributed by atoms with van der Waals surface area (Å²) in [6, 6.07) is 9.30. The number of para-hydroxylation sites is 1. The van der Waals surface area contributed by atoms with Crippen molar-refractivity contribution >= 4 is 21.3 Å². The zero-order chi connectivity index (χ0) is 22.2. The van der Waals surface area contributed by atoms with Gasteiger partial charge in [-0.1, -0.05) is 37.4 Å². The van der Waals surface area contributed by atoms with Crippen molar-refractivity contribution in [3.05, 3.63) is 77.1 Å². The van der Waals surface area contributed by atoms with E-state index >= 15 is 0 Å². The van der Waals surface area contributed by atoms with E-state index in [1.165, 1.54) is 6.08 Å². The second-order valence-corrected chi connectivity index (χ2v) is 9.19. The first-order chi connectivity index (χ1) is 14.9. The number of nitrogens with one attached hydrogen (secondary N) is 1. The third kappa shape index (κ3) is 3.60. The van der Waals surface area contributed by atoms with Crippen LogP contribution in [0.2, 0.25) is 0 Å². The topological polar surface area (TPSA) is 93.5 Å². The lowest BCUT2D eigenvalue weighted by Crippen LogP contribution is -2.41. The maximum absolute atomic E-state index is 13.3. The number of aromatic nitrogens is 2. The van der Waals surface area contributed by atoms with E-state index in [9.17, 15) is 13.2 Å². The van der Waals surface area contributed by atoms with E-state index in [2.05, 4.69) is 23.6 Å². The van der Waals surface area contributed by atoms with E-state index in [0.717, 1.165) is 0 Å². The molecule has 0 spiro atoms. The van der Waals surface area contributed by atoms with Crippen LogP contribution in [0.25, 0.3) is 11.3 Å². The van der Waals surface area contributed by atoms with E-state index < -0.39 is 9.84 Å². The lowest BCUT2D eigenvalue weighted by molar-refractivity contribution is 0.0298. The van der Waals surface area contributed by atoms with Gasteiger partial charge in [0.05, 0.1) is 35.3 Å². The number of sulfone groups is 1. The summed E-state index contributed by atoms with van der Waals surface area (Å²) in [6.07, 6.45) is 1.48. The highest BCUT2D eigenvalue weighted by Gasteiger charge is 2.39. The van der Waals surface area contributed by atoms with Gasteiger partial charge in [0.15, 0.2) is 15.5 Å². The largest absolute Gasteiger partial charge is 0.388 e. The molecule has 9 heteroatoms. The van der Waals surface area contributed by atoms with Gasteiger partial charge in [-0.3, -0.25) is 4.79 Å². The van der Waals surface area contributed by atoms with Crippen molar-refractivity contribution in [3.8, 4) is 5.69 Å². The molecule has 1 aromatic heterocycles. The minimum Gasteiger partial charge on any atom is -0.388 e. The highest BCUT2D eigenvalue weighted by Crippen LogP contribution is 2.39. The molecule has 2 aliphatic heterocycles. The van der Waals surface area contributed by atoms with Crippen molar-refractivity contribution in [2.75, 3.05) is 33.4 Å². The van der Waals surface area contributed by atoms with Crippen LogP contribution in [0.5, 0.6) is 0 Å². The molecule has 1 saturated heterocycles. The van der Waals surface area contributed by atoms with Gasteiger partial charge < -0.3 is 15.0 Å². The number of allylic oxidation sites excluding steroid dienone is 2. The number of fused-ring (bicyclic) bond motifs is 1. The number of ether oxygens (including phenoxy) is 1. The number of benzene rings is 1. The van der Waals surface area contributed by atoms with E-state index in [0.29, 0.717) is 48.8 Å². The van der Waals surface area contributed by atoms with Gasteiger partial charge in [-0.05, 0) is 12.1 Å². The number of hydrogen-bond acceptors (Lipinski definition) is 6. The number of rotatable bonds is 5. The highest BCUT2D eigenvalue weighted by atomic mass is 32.2. The Morgan fingerprint density at radius 1 is 1.23 bits per heavy atom. The maximum Gasteiger partial charge on any atom is 0.274 e. The summed E-state index contributed by atoms with van der Waals surface area (Å²) in [6.45, 7) is 9.47. The first kappa shape index (κ1) is 21.1. The predicted octanol–water partition coefficient (Wildman–Crippen LogP) is 1.90. The average molecular weight is 441 g/mol. The second kappa shape index (κ2) is 8.16. The van der Waals surface area contributed by atoms with Crippen molar-refractivity contribution in [2.24, 2.45) is 0 Å². The number of carbonyl (C=O) groups is 1. The molecule has 0 bridgehead atoms. The van der Waals surface area contributed by atoms with Gasteiger partial charge in [0.1, 0.15) is 0 Å². The molecule has 1 amide bonds. The van der Waals surface area contributed by atoms with Crippen molar-refractivity contribution in [1.29, 1.82) is 0 Å². The minimum atomic E-state index is -3.77. The Morgan fingerprint density at radius 2 is 1.90 bits per heavy atom. The Morgan fingerprint density at radius 3 is 2.52 bits per heavy atom. The standard InChI is InChI=1S/C22H24N4O4S/c1-4-17-20-18(14-31(28,29)21(17)15(2)23-3)19(22(27)25-10-12-30-13-11-25)24-26(20)16-8-6-5-7-9-16/h4-9,23H,1-2,10-14H2,3H3. The van der Waals surface area contributed by atoms with Gasteiger partial charge in [0.2, 0.25) is 0 Å². The fourth-order valence-corrected chi connectivity index (χ4v) is 5.69. The van der Waals surface area contributed by atoms with Crippen LogP contribution >= 0.6 is 0 Å². The number of likely N-dealkylation sites (N-methyl/N-ethyl adjacent to an activating group) is 1. The van der Waals surface area contributed by atoms with Crippen LogP contribution in [-0.4, -0.2) is 62.4 Å². The maximum atomic E-state index is 13.3. The third-order valence-corrected chi connectivity index (χ3v) is 7.17. The van der Waals surface area contributed by atoms with E-state index in [1.54, 1.807) is 16.6 Å². The van der Waals surface area contributed by atoms with Crippen LogP contribution in [0, 0.1) is 0 Å². The van der Waals surface area contributed by atoms with Gasteiger partial charge in [-0.25, -0.2) is 13.1 Å². The number of hydrogen-bond donors (Lipinski definition) is 1. The quantitative estimate of drug-likeness (QED) is 0.763. The Kier molecular flexibility index (Phi) is 5.55. The SMILES string of the molecule is C=CC1=C(C(=C)NC)S(=O)(=O)Cc2c(C(=O)N3CCOCC3)nn(-c3ccccc3)c21. The van der Waals surface area contributed by atoms with E-state index in [4.69, 9.17) is 4.74 Å². The molecular formula is C22H24N4O4S. The zero-order valence-corrected chi connectivity index (χ0v) is 18.1. The fourth-order valence-electron chi connectivity index (χ4n) is 3.90. The molecule has 1 fully saturated rings. The van der Waals surface area contributed by atoms with Gasteiger partial charge in [0, 0.05) is 37.0 Å². The van der Waals surface area contributed by atoms with Crippen LogP contribution in [-0.2, 0) is 20.3 Å². The van der Waals surface area contributed by atoms with Gasteiger partial charge in [-0.2, -0.15) is 5.10 Å². The molecule has 162 valence electrons. The number of amides is 1.